The Balaban J connectivity index is 1.75. The molecule has 3 aromatic rings. The van der Waals surface area contributed by atoms with Crippen LogP contribution in [0, 0.1) is 0 Å². The highest BCUT2D eigenvalue weighted by Gasteiger charge is 2.19. The number of para-hydroxylation sites is 1. The van der Waals surface area contributed by atoms with E-state index in [1.807, 2.05) is 0 Å². The molecule has 0 spiro atoms. The number of aryl methyl sites for hydroxylation is 3. The van der Waals surface area contributed by atoms with Gasteiger partial charge < -0.3 is 5.32 Å². The molecule has 0 aliphatic rings. The van der Waals surface area contributed by atoms with Gasteiger partial charge in [-0.3, -0.25) is 9.36 Å². The molecule has 2 aromatic heterocycles. The lowest BCUT2D eigenvalue weighted by Crippen LogP contribution is -2.17. The molecule has 0 saturated carbocycles. The van der Waals surface area contributed by atoms with Gasteiger partial charge in [0.05, 0.1) is 5.75 Å². The van der Waals surface area contributed by atoms with Crippen LogP contribution in [-0.2, 0) is 24.1 Å². The standard InChI is InChI=1S/C24H32N4OS2/c1-6-10-20-13-19(14-30-20)23-26-27-24(28(23)16(4)5)31-15-21(29)25-22-17(7-2)11-9-12-18(22)8-3/h9,11-14,16H,6-8,10,15H2,1-5H3,(H,25,29). The second-order valence-electron chi connectivity index (χ2n) is 7.82. The van der Waals surface area contributed by atoms with Crippen LogP contribution < -0.4 is 5.32 Å². The fourth-order valence-electron chi connectivity index (χ4n) is 3.62. The van der Waals surface area contributed by atoms with Crippen LogP contribution in [0.2, 0.25) is 0 Å². The van der Waals surface area contributed by atoms with Gasteiger partial charge in [0, 0.05) is 27.5 Å². The predicted octanol–water partition coefficient (Wildman–Crippen LogP) is 6.40. The summed E-state index contributed by atoms with van der Waals surface area (Å²) >= 11 is 3.22. The lowest BCUT2D eigenvalue weighted by molar-refractivity contribution is -0.113. The van der Waals surface area contributed by atoms with Crippen LogP contribution in [0.1, 0.15) is 63.1 Å². The number of carbonyl (C=O) groups excluding carboxylic acids is 1. The van der Waals surface area contributed by atoms with Gasteiger partial charge in [0.1, 0.15) is 0 Å². The summed E-state index contributed by atoms with van der Waals surface area (Å²) in [6, 6.07) is 8.64. The topological polar surface area (TPSA) is 59.8 Å². The van der Waals surface area contributed by atoms with Crippen molar-refractivity contribution in [1.29, 1.82) is 0 Å². The maximum absolute atomic E-state index is 12.8. The van der Waals surface area contributed by atoms with Gasteiger partial charge in [-0.05, 0) is 50.3 Å². The monoisotopic (exact) mass is 456 g/mol. The van der Waals surface area contributed by atoms with Crippen molar-refractivity contribution in [2.45, 2.75) is 71.5 Å². The lowest BCUT2D eigenvalue weighted by Gasteiger charge is -2.15. The third kappa shape index (κ3) is 5.57. The van der Waals surface area contributed by atoms with Crippen molar-refractivity contribution in [2.24, 2.45) is 0 Å². The zero-order valence-electron chi connectivity index (χ0n) is 19.1. The molecule has 0 aliphatic carbocycles. The summed E-state index contributed by atoms with van der Waals surface area (Å²) in [5.74, 6) is 1.17. The molecule has 31 heavy (non-hydrogen) atoms. The number of aromatic nitrogens is 3. The molecule has 2 heterocycles. The van der Waals surface area contributed by atoms with Gasteiger partial charge in [-0.2, -0.15) is 0 Å². The van der Waals surface area contributed by atoms with E-state index in [1.165, 1.54) is 27.8 Å². The van der Waals surface area contributed by atoms with Crippen molar-refractivity contribution < 1.29 is 4.79 Å². The Hall–Kier alpha value is -2.12. The zero-order valence-corrected chi connectivity index (χ0v) is 20.7. The van der Waals surface area contributed by atoms with E-state index in [0.717, 1.165) is 47.9 Å². The first-order valence-electron chi connectivity index (χ1n) is 11.0. The minimum atomic E-state index is -0.0128. The van der Waals surface area contributed by atoms with E-state index < -0.39 is 0 Å². The summed E-state index contributed by atoms with van der Waals surface area (Å²) in [5, 5.41) is 15.0. The third-order valence-corrected chi connectivity index (χ3v) is 7.12. The van der Waals surface area contributed by atoms with E-state index in [-0.39, 0.29) is 11.9 Å². The van der Waals surface area contributed by atoms with E-state index in [9.17, 15) is 4.79 Å². The van der Waals surface area contributed by atoms with Crippen LogP contribution in [0.5, 0.6) is 0 Å². The first kappa shape index (κ1) is 23.5. The molecule has 0 bridgehead atoms. The molecule has 1 amide bonds. The molecular formula is C24H32N4OS2. The number of hydrogen-bond acceptors (Lipinski definition) is 5. The van der Waals surface area contributed by atoms with E-state index in [0.29, 0.717) is 5.75 Å². The molecule has 166 valence electrons. The molecule has 7 heteroatoms. The molecule has 1 aromatic carbocycles. The fraction of sp³-hybridized carbons (Fsp3) is 0.458. The minimum Gasteiger partial charge on any atom is -0.325 e. The molecule has 0 fully saturated rings. The summed E-state index contributed by atoms with van der Waals surface area (Å²) in [6.07, 6.45) is 4.00. The highest BCUT2D eigenvalue weighted by atomic mass is 32.2. The van der Waals surface area contributed by atoms with Gasteiger partial charge in [-0.1, -0.05) is 57.2 Å². The maximum atomic E-state index is 12.8. The van der Waals surface area contributed by atoms with Crippen molar-refractivity contribution in [1.82, 2.24) is 14.8 Å². The van der Waals surface area contributed by atoms with Crippen molar-refractivity contribution >= 4 is 34.7 Å². The zero-order chi connectivity index (χ0) is 22.4. The average Bonchev–Trinajstić information content (AvgIpc) is 3.39. The SMILES string of the molecule is CCCc1cc(-c2nnc(SCC(=O)Nc3c(CC)cccc3CC)n2C(C)C)cs1. The normalized spacial score (nSPS) is 11.3. The summed E-state index contributed by atoms with van der Waals surface area (Å²) < 4.78 is 2.13. The average molecular weight is 457 g/mol. The quantitative estimate of drug-likeness (QED) is 0.359. The number of thiophene rings is 1. The Bertz CT molecular complexity index is 1000. The van der Waals surface area contributed by atoms with Gasteiger partial charge in [-0.15, -0.1) is 21.5 Å². The van der Waals surface area contributed by atoms with Crippen LogP contribution in [0.4, 0.5) is 5.69 Å². The largest absolute Gasteiger partial charge is 0.325 e. The summed E-state index contributed by atoms with van der Waals surface area (Å²) in [5.41, 5.74) is 4.41. The molecule has 0 unspecified atom stereocenters. The first-order chi connectivity index (χ1) is 15.0. The molecule has 5 nitrogen and oxygen atoms in total. The molecule has 0 radical (unpaired) electrons. The van der Waals surface area contributed by atoms with E-state index in [1.54, 1.807) is 11.3 Å². The third-order valence-electron chi connectivity index (χ3n) is 5.18. The Morgan fingerprint density at radius 2 is 1.87 bits per heavy atom. The number of rotatable bonds is 10. The Morgan fingerprint density at radius 3 is 2.48 bits per heavy atom. The Kier molecular flexibility index (Phi) is 8.32. The molecule has 0 atom stereocenters. The highest BCUT2D eigenvalue weighted by molar-refractivity contribution is 7.99. The number of carbonyl (C=O) groups is 1. The molecular weight excluding hydrogens is 424 g/mol. The fourth-order valence-corrected chi connectivity index (χ4v) is 5.46. The Morgan fingerprint density at radius 1 is 1.16 bits per heavy atom. The van der Waals surface area contributed by atoms with Crippen LogP contribution in [0.15, 0.2) is 34.8 Å². The van der Waals surface area contributed by atoms with Crippen LogP contribution >= 0.6 is 23.1 Å². The summed E-state index contributed by atoms with van der Waals surface area (Å²) in [7, 11) is 0. The molecule has 3 rings (SSSR count). The van der Waals surface area contributed by atoms with Gasteiger partial charge in [0.25, 0.3) is 0 Å². The lowest BCUT2D eigenvalue weighted by atomic mass is 10.0. The second-order valence-corrected chi connectivity index (χ2v) is 9.76. The minimum absolute atomic E-state index is 0.0128. The van der Waals surface area contributed by atoms with Crippen molar-refractivity contribution in [3.05, 3.63) is 45.6 Å². The first-order valence-corrected chi connectivity index (χ1v) is 12.9. The highest BCUT2D eigenvalue weighted by Crippen LogP contribution is 2.31. The van der Waals surface area contributed by atoms with Crippen LogP contribution in [-0.4, -0.2) is 26.4 Å². The van der Waals surface area contributed by atoms with Crippen molar-refractivity contribution in [2.75, 3.05) is 11.1 Å². The molecule has 0 saturated heterocycles. The summed E-state index contributed by atoms with van der Waals surface area (Å²) in [6.45, 7) is 10.7. The van der Waals surface area contributed by atoms with Crippen molar-refractivity contribution in [3.63, 3.8) is 0 Å². The van der Waals surface area contributed by atoms with E-state index >= 15 is 0 Å². The van der Waals surface area contributed by atoms with Crippen LogP contribution in [0.3, 0.4) is 0 Å². The van der Waals surface area contributed by atoms with Gasteiger partial charge >= 0.3 is 0 Å². The van der Waals surface area contributed by atoms with Gasteiger partial charge in [-0.25, -0.2) is 0 Å². The number of anilines is 1. The second kappa shape index (κ2) is 11.0. The van der Waals surface area contributed by atoms with E-state index in [4.69, 9.17) is 0 Å². The molecule has 1 N–H and O–H groups in total. The number of hydrogen-bond donors (Lipinski definition) is 1. The Labute approximate surface area is 193 Å². The smallest absolute Gasteiger partial charge is 0.234 e. The number of thioether (sulfide) groups is 1. The summed E-state index contributed by atoms with van der Waals surface area (Å²) in [4.78, 5) is 14.1. The predicted molar refractivity (Wildman–Crippen MR) is 132 cm³/mol. The van der Waals surface area contributed by atoms with Crippen molar-refractivity contribution in [3.8, 4) is 11.4 Å². The number of amides is 1. The maximum Gasteiger partial charge on any atom is 0.234 e. The number of nitrogens with zero attached hydrogens (tertiary/aromatic N) is 3. The van der Waals surface area contributed by atoms with Gasteiger partial charge in [0.15, 0.2) is 11.0 Å². The van der Waals surface area contributed by atoms with Gasteiger partial charge in [0.2, 0.25) is 5.91 Å². The molecule has 0 aliphatic heterocycles. The number of nitrogens with one attached hydrogen (secondary N) is 1. The van der Waals surface area contributed by atoms with E-state index in [2.05, 4.69) is 84.3 Å². The number of benzene rings is 1. The van der Waals surface area contributed by atoms with Crippen LogP contribution in [0.25, 0.3) is 11.4 Å².